The van der Waals surface area contributed by atoms with Crippen LogP contribution in [0.1, 0.15) is 17.0 Å². The molecule has 138 valence electrons. The molecule has 0 atom stereocenters. The van der Waals surface area contributed by atoms with Crippen molar-refractivity contribution in [1.29, 1.82) is 0 Å². The van der Waals surface area contributed by atoms with Crippen LogP contribution in [0.3, 0.4) is 0 Å². The number of fused-ring (bicyclic) bond motifs is 3. The molecule has 0 saturated carbocycles. The van der Waals surface area contributed by atoms with Gasteiger partial charge in [0.1, 0.15) is 17.9 Å². The number of aromatic nitrogens is 6. The molecule has 0 saturated heterocycles. The van der Waals surface area contributed by atoms with Gasteiger partial charge in [-0.2, -0.15) is 0 Å². The molecule has 7 nitrogen and oxygen atoms in total. The van der Waals surface area contributed by atoms with Crippen molar-refractivity contribution in [2.24, 2.45) is 0 Å². The molecule has 0 spiro atoms. The first-order chi connectivity index (χ1) is 13.5. The molecule has 0 unspecified atom stereocenters. The number of aryl methyl sites for hydroxylation is 2. The summed E-state index contributed by atoms with van der Waals surface area (Å²) in [6.07, 6.45) is 1.65. The summed E-state index contributed by atoms with van der Waals surface area (Å²) in [5, 5.41) is 15.6. The minimum atomic E-state index is 0.150. The molecule has 0 aliphatic rings. The first kappa shape index (κ1) is 16.4. The summed E-state index contributed by atoms with van der Waals surface area (Å²) in [5.74, 6) is 1.44. The molecule has 5 rings (SSSR count). The Morgan fingerprint density at radius 2 is 1.71 bits per heavy atom. The van der Waals surface area contributed by atoms with Gasteiger partial charge in [-0.05, 0) is 50.6 Å². The van der Waals surface area contributed by atoms with Crippen molar-refractivity contribution in [2.45, 2.75) is 20.8 Å². The highest BCUT2D eigenvalue weighted by molar-refractivity contribution is 5.95. The van der Waals surface area contributed by atoms with Crippen LogP contribution in [0.25, 0.3) is 33.9 Å². The fourth-order valence-electron chi connectivity index (χ4n) is 3.57. The molecule has 4 aromatic heterocycles. The quantitative estimate of drug-likeness (QED) is 0.512. The lowest BCUT2D eigenvalue weighted by atomic mass is 10.2. The second-order valence-corrected chi connectivity index (χ2v) is 6.85. The predicted octanol–water partition coefficient (Wildman–Crippen LogP) is 3.76. The van der Waals surface area contributed by atoms with Crippen LogP contribution in [0.2, 0.25) is 0 Å². The molecule has 0 aliphatic heterocycles. The van der Waals surface area contributed by atoms with E-state index >= 15 is 0 Å². The number of rotatable bonds is 2. The van der Waals surface area contributed by atoms with E-state index in [1.807, 2.05) is 35.8 Å². The highest BCUT2D eigenvalue weighted by Crippen LogP contribution is 2.31. The molecule has 28 heavy (non-hydrogen) atoms. The van der Waals surface area contributed by atoms with Gasteiger partial charge in [-0.15, -0.1) is 5.10 Å². The van der Waals surface area contributed by atoms with Crippen molar-refractivity contribution in [3.8, 4) is 23.0 Å². The minimum Gasteiger partial charge on any atom is -0.507 e. The fraction of sp³-hybridized carbons (Fsp3) is 0.143. The molecule has 0 aliphatic carbocycles. The Balaban J connectivity index is 1.82. The standard InChI is InChI=1S/C21H18N6O/c1-12-7-6-10-17(23-12)27-14(3)13(2)18-20(27)22-11-26-21(18)24-19(25-26)15-8-4-5-9-16(15)28/h4-11,28H,1-3H3. The van der Waals surface area contributed by atoms with E-state index in [1.165, 1.54) is 0 Å². The molecule has 7 heteroatoms. The van der Waals surface area contributed by atoms with Gasteiger partial charge < -0.3 is 5.11 Å². The van der Waals surface area contributed by atoms with Gasteiger partial charge in [-0.3, -0.25) is 4.57 Å². The summed E-state index contributed by atoms with van der Waals surface area (Å²) in [4.78, 5) is 14.0. The first-order valence-corrected chi connectivity index (χ1v) is 9.00. The van der Waals surface area contributed by atoms with Crippen LogP contribution in [-0.4, -0.2) is 34.2 Å². The predicted molar refractivity (Wildman–Crippen MR) is 107 cm³/mol. The van der Waals surface area contributed by atoms with E-state index in [0.717, 1.165) is 33.8 Å². The van der Waals surface area contributed by atoms with Crippen molar-refractivity contribution in [3.63, 3.8) is 0 Å². The molecule has 5 aromatic rings. The Hall–Kier alpha value is -3.74. The lowest BCUT2D eigenvalue weighted by Crippen LogP contribution is -2.02. The summed E-state index contributed by atoms with van der Waals surface area (Å²) in [7, 11) is 0. The smallest absolute Gasteiger partial charge is 0.185 e. The lowest BCUT2D eigenvalue weighted by Gasteiger charge is -2.07. The molecule has 1 aromatic carbocycles. The number of hydrogen-bond acceptors (Lipinski definition) is 5. The normalized spacial score (nSPS) is 11.5. The number of pyridine rings is 1. The average Bonchev–Trinajstić information content (AvgIpc) is 3.21. The molecular formula is C21H18N6O. The highest BCUT2D eigenvalue weighted by atomic mass is 16.3. The summed E-state index contributed by atoms with van der Waals surface area (Å²) < 4.78 is 3.70. The zero-order valence-electron chi connectivity index (χ0n) is 15.7. The number of aromatic hydroxyl groups is 1. The van der Waals surface area contributed by atoms with Crippen LogP contribution >= 0.6 is 0 Å². The highest BCUT2D eigenvalue weighted by Gasteiger charge is 2.20. The van der Waals surface area contributed by atoms with Gasteiger partial charge >= 0.3 is 0 Å². The topological polar surface area (TPSA) is 81.1 Å². The number of benzene rings is 1. The van der Waals surface area contributed by atoms with E-state index in [2.05, 4.69) is 28.9 Å². The first-order valence-electron chi connectivity index (χ1n) is 9.00. The van der Waals surface area contributed by atoms with E-state index in [-0.39, 0.29) is 5.75 Å². The monoisotopic (exact) mass is 370 g/mol. The number of para-hydroxylation sites is 1. The third-order valence-electron chi connectivity index (χ3n) is 5.08. The molecule has 0 radical (unpaired) electrons. The maximum Gasteiger partial charge on any atom is 0.185 e. The molecule has 0 amide bonds. The van der Waals surface area contributed by atoms with Gasteiger partial charge in [0.25, 0.3) is 0 Å². The van der Waals surface area contributed by atoms with Crippen LogP contribution in [0, 0.1) is 20.8 Å². The van der Waals surface area contributed by atoms with Crippen molar-refractivity contribution < 1.29 is 5.11 Å². The Morgan fingerprint density at radius 3 is 2.50 bits per heavy atom. The summed E-state index contributed by atoms with van der Waals surface area (Å²) in [6.45, 7) is 6.08. The number of phenolic OH excluding ortho intramolecular Hbond substituents is 1. The van der Waals surface area contributed by atoms with Gasteiger partial charge in [-0.1, -0.05) is 18.2 Å². The van der Waals surface area contributed by atoms with Gasteiger partial charge in [0.05, 0.1) is 10.9 Å². The maximum absolute atomic E-state index is 10.2. The zero-order valence-corrected chi connectivity index (χ0v) is 15.7. The average molecular weight is 370 g/mol. The van der Waals surface area contributed by atoms with Gasteiger partial charge in [0, 0.05) is 11.4 Å². The molecular weight excluding hydrogens is 352 g/mol. The van der Waals surface area contributed by atoms with E-state index in [1.54, 1.807) is 29.0 Å². The Labute approximate surface area is 161 Å². The van der Waals surface area contributed by atoms with Crippen molar-refractivity contribution >= 4 is 16.7 Å². The maximum atomic E-state index is 10.2. The van der Waals surface area contributed by atoms with Crippen molar-refractivity contribution in [3.05, 3.63) is 65.7 Å². The Bertz CT molecular complexity index is 1360. The van der Waals surface area contributed by atoms with Crippen LogP contribution in [0.5, 0.6) is 5.75 Å². The molecule has 1 N–H and O–H groups in total. The van der Waals surface area contributed by atoms with Crippen molar-refractivity contribution in [2.75, 3.05) is 0 Å². The van der Waals surface area contributed by atoms with E-state index in [4.69, 9.17) is 4.98 Å². The van der Waals surface area contributed by atoms with Gasteiger partial charge in [0.2, 0.25) is 0 Å². The third kappa shape index (κ3) is 2.29. The van der Waals surface area contributed by atoms with Gasteiger partial charge in [0.15, 0.2) is 17.1 Å². The van der Waals surface area contributed by atoms with Crippen LogP contribution in [0.15, 0.2) is 48.8 Å². The van der Waals surface area contributed by atoms with Gasteiger partial charge in [-0.25, -0.2) is 19.5 Å². The third-order valence-corrected chi connectivity index (χ3v) is 5.08. The Morgan fingerprint density at radius 1 is 0.893 bits per heavy atom. The van der Waals surface area contributed by atoms with Crippen molar-refractivity contribution in [1.82, 2.24) is 29.1 Å². The fourth-order valence-corrected chi connectivity index (χ4v) is 3.57. The number of phenols is 1. The van der Waals surface area contributed by atoms with Crippen LogP contribution < -0.4 is 0 Å². The number of hydrogen-bond donors (Lipinski definition) is 1. The summed E-state index contributed by atoms with van der Waals surface area (Å²) in [5.41, 5.74) is 5.16. The molecule has 0 bridgehead atoms. The van der Waals surface area contributed by atoms with E-state index < -0.39 is 0 Å². The second-order valence-electron chi connectivity index (χ2n) is 6.85. The summed E-state index contributed by atoms with van der Waals surface area (Å²) >= 11 is 0. The second kappa shape index (κ2) is 5.88. The zero-order chi connectivity index (χ0) is 19.4. The summed E-state index contributed by atoms with van der Waals surface area (Å²) in [6, 6.07) is 13.0. The molecule has 4 heterocycles. The minimum absolute atomic E-state index is 0.150. The number of nitrogens with zero attached hydrogens (tertiary/aromatic N) is 6. The van der Waals surface area contributed by atoms with Crippen LogP contribution in [0.4, 0.5) is 0 Å². The van der Waals surface area contributed by atoms with E-state index in [9.17, 15) is 5.11 Å². The molecule has 0 fully saturated rings. The lowest BCUT2D eigenvalue weighted by molar-refractivity contribution is 0.477. The largest absolute Gasteiger partial charge is 0.507 e. The van der Waals surface area contributed by atoms with E-state index in [0.29, 0.717) is 17.0 Å². The SMILES string of the molecule is Cc1cccc(-n2c(C)c(C)c3c2ncn2nc(-c4ccccc4O)nc32)n1. The Kier molecular flexibility index (Phi) is 3.45. The van der Waals surface area contributed by atoms with Crippen LogP contribution in [-0.2, 0) is 0 Å².